The number of benzene rings is 1. The van der Waals surface area contributed by atoms with Crippen LogP contribution in [0.3, 0.4) is 0 Å². The van der Waals surface area contributed by atoms with Gasteiger partial charge in [0.25, 0.3) is 0 Å². The smallest absolute Gasteiger partial charge is 0.225 e. The average molecular weight is 398 g/mol. The molecule has 1 aromatic carbocycles. The molecule has 158 valence electrons. The van der Waals surface area contributed by atoms with Gasteiger partial charge in [0.15, 0.2) is 0 Å². The number of nitrogens with zero attached hydrogens (tertiary/aromatic N) is 3. The highest BCUT2D eigenvalue weighted by molar-refractivity contribution is 5.90. The zero-order chi connectivity index (χ0) is 20.6. The van der Waals surface area contributed by atoms with Gasteiger partial charge in [-0.1, -0.05) is 31.9 Å². The summed E-state index contributed by atoms with van der Waals surface area (Å²) in [4.78, 5) is 23.4. The fourth-order valence-corrected chi connectivity index (χ4v) is 4.04. The van der Waals surface area contributed by atoms with Gasteiger partial charge in [-0.25, -0.2) is 4.98 Å². The third kappa shape index (κ3) is 6.05. The van der Waals surface area contributed by atoms with Crippen molar-refractivity contribution in [2.75, 3.05) is 30.9 Å². The summed E-state index contributed by atoms with van der Waals surface area (Å²) in [6, 6.07) is 8.53. The number of para-hydroxylation sites is 1. The van der Waals surface area contributed by atoms with Gasteiger partial charge < -0.3 is 15.5 Å². The second-order valence-corrected chi connectivity index (χ2v) is 8.41. The van der Waals surface area contributed by atoms with E-state index < -0.39 is 0 Å². The lowest BCUT2D eigenvalue weighted by atomic mass is 9.86. The van der Waals surface area contributed by atoms with Crippen molar-refractivity contribution in [3.8, 4) is 0 Å². The number of rotatable bonds is 9. The summed E-state index contributed by atoms with van der Waals surface area (Å²) in [5.41, 5.74) is 0.966. The number of hydrogen-bond acceptors (Lipinski definition) is 5. The van der Waals surface area contributed by atoms with Crippen LogP contribution in [0.25, 0.3) is 10.9 Å². The lowest BCUT2D eigenvalue weighted by molar-refractivity contribution is -0.121. The van der Waals surface area contributed by atoms with E-state index >= 15 is 0 Å². The quantitative estimate of drug-likeness (QED) is 0.615. The van der Waals surface area contributed by atoms with Gasteiger partial charge in [-0.15, -0.1) is 0 Å². The first-order valence-electron chi connectivity index (χ1n) is 11.0. The maximum absolute atomic E-state index is 11.9. The van der Waals surface area contributed by atoms with E-state index in [9.17, 15) is 4.79 Å². The highest BCUT2D eigenvalue weighted by atomic mass is 16.1. The molecule has 0 saturated heterocycles. The number of aromatic nitrogens is 2. The summed E-state index contributed by atoms with van der Waals surface area (Å²) in [6.07, 6.45) is 8.38. The van der Waals surface area contributed by atoms with Crippen LogP contribution in [-0.4, -0.2) is 42.6 Å². The summed E-state index contributed by atoms with van der Waals surface area (Å²) in [5.74, 6) is 2.44. The summed E-state index contributed by atoms with van der Waals surface area (Å²) in [7, 11) is 4.03. The molecule has 1 amide bonds. The SMILES string of the molecule is CCCCCC(=O)NCC1CCC(Nc2nc(N(C)C)c3ccccc3n2)CC1. The van der Waals surface area contributed by atoms with E-state index in [2.05, 4.69) is 23.6 Å². The van der Waals surface area contributed by atoms with E-state index in [1.165, 1.54) is 0 Å². The van der Waals surface area contributed by atoms with Crippen molar-refractivity contribution in [1.29, 1.82) is 0 Å². The van der Waals surface area contributed by atoms with Crippen LogP contribution in [0.1, 0.15) is 58.3 Å². The Balaban J connectivity index is 1.50. The maximum Gasteiger partial charge on any atom is 0.225 e. The molecule has 0 radical (unpaired) electrons. The molecular formula is C23H35N5O. The molecule has 1 aromatic heterocycles. The van der Waals surface area contributed by atoms with Gasteiger partial charge in [-0.2, -0.15) is 4.98 Å². The molecule has 1 aliphatic carbocycles. The fourth-order valence-electron chi connectivity index (χ4n) is 4.04. The standard InChI is InChI=1S/C23H35N5O/c1-4-5-6-11-21(29)24-16-17-12-14-18(15-13-17)25-23-26-20-10-8-7-9-19(20)22(27-23)28(2)3/h7-10,17-18H,4-6,11-16H2,1-3H3,(H,24,29)(H,25,26,27). The molecule has 0 unspecified atom stereocenters. The summed E-state index contributed by atoms with van der Waals surface area (Å²) < 4.78 is 0. The number of amides is 1. The molecule has 1 fully saturated rings. The predicted octanol–water partition coefficient (Wildman–Crippen LogP) is 4.36. The van der Waals surface area contributed by atoms with E-state index in [4.69, 9.17) is 9.97 Å². The molecule has 6 heteroatoms. The Hall–Kier alpha value is -2.37. The number of hydrogen-bond donors (Lipinski definition) is 2. The van der Waals surface area contributed by atoms with Crippen LogP contribution in [-0.2, 0) is 4.79 Å². The third-order valence-electron chi connectivity index (χ3n) is 5.78. The Morgan fingerprint density at radius 2 is 1.86 bits per heavy atom. The number of nitrogens with one attached hydrogen (secondary N) is 2. The second-order valence-electron chi connectivity index (χ2n) is 8.41. The molecule has 1 aliphatic rings. The average Bonchev–Trinajstić information content (AvgIpc) is 2.73. The van der Waals surface area contributed by atoms with Crippen molar-refractivity contribution >= 4 is 28.6 Å². The number of carbonyl (C=O) groups is 1. The molecular weight excluding hydrogens is 362 g/mol. The number of carbonyl (C=O) groups excluding carboxylic acids is 1. The molecule has 0 bridgehead atoms. The summed E-state index contributed by atoms with van der Waals surface area (Å²) in [5, 5.41) is 7.75. The zero-order valence-corrected chi connectivity index (χ0v) is 18.1. The highest BCUT2D eigenvalue weighted by Gasteiger charge is 2.22. The Bertz CT molecular complexity index is 799. The van der Waals surface area contributed by atoms with Gasteiger partial charge in [0.05, 0.1) is 5.52 Å². The van der Waals surface area contributed by atoms with E-state index in [1.54, 1.807) is 0 Å². The zero-order valence-electron chi connectivity index (χ0n) is 18.1. The lowest BCUT2D eigenvalue weighted by Gasteiger charge is -2.29. The van der Waals surface area contributed by atoms with Crippen LogP contribution in [0.15, 0.2) is 24.3 Å². The largest absolute Gasteiger partial charge is 0.362 e. The first kappa shape index (κ1) is 21.3. The van der Waals surface area contributed by atoms with Gasteiger partial charge in [0.1, 0.15) is 5.82 Å². The van der Waals surface area contributed by atoms with Crippen molar-refractivity contribution in [1.82, 2.24) is 15.3 Å². The van der Waals surface area contributed by atoms with Gasteiger partial charge in [0, 0.05) is 38.5 Å². The number of fused-ring (bicyclic) bond motifs is 1. The number of anilines is 2. The molecule has 6 nitrogen and oxygen atoms in total. The predicted molar refractivity (Wildman–Crippen MR) is 120 cm³/mol. The monoisotopic (exact) mass is 397 g/mol. The van der Waals surface area contributed by atoms with Crippen LogP contribution in [0.2, 0.25) is 0 Å². The van der Waals surface area contributed by atoms with Crippen molar-refractivity contribution in [3.63, 3.8) is 0 Å². The minimum absolute atomic E-state index is 0.208. The molecule has 1 heterocycles. The first-order chi connectivity index (χ1) is 14.1. The molecule has 1 saturated carbocycles. The van der Waals surface area contributed by atoms with Crippen LogP contribution in [0.5, 0.6) is 0 Å². The summed E-state index contributed by atoms with van der Waals surface area (Å²) in [6.45, 7) is 2.98. The van der Waals surface area contributed by atoms with E-state index in [0.29, 0.717) is 24.3 Å². The fraction of sp³-hybridized carbons (Fsp3) is 0.609. The summed E-state index contributed by atoms with van der Waals surface area (Å²) >= 11 is 0. The van der Waals surface area contributed by atoms with Crippen molar-refractivity contribution in [3.05, 3.63) is 24.3 Å². The molecule has 29 heavy (non-hydrogen) atoms. The van der Waals surface area contributed by atoms with Gasteiger partial charge >= 0.3 is 0 Å². The molecule has 3 rings (SSSR count). The van der Waals surface area contributed by atoms with Crippen LogP contribution < -0.4 is 15.5 Å². The molecule has 2 N–H and O–H groups in total. The minimum atomic E-state index is 0.208. The minimum Gasteiger partial charge on any atom is -0.362 e. The van der Waals surface area contributed by atoms with Crippen LogP contribution >= 0.6 is 0 Å². The van der Waals surface area contributed by atoms with Gasteiger partial charge in [-0.3, -0.25) is 4.79 Å². The Labute approximate surface area is 174 Å². The van der Waals surface area contributed by atoms with Crippen LogP contribution in [0, 0.1) is 5.92 Å². The van der Waals surface area contributed by atoms with Crippen molar-refractivity contribution in [2.24, 2.45) is 5.92 Å². The Kier molecular flexibility index (Phi) is 7.67. The lowest BCUT2D eigenvalue weighted by Crippen LogP contribution is -2.34. The normalized spacial score (nSPS) is 19.1. The highest BCUT2D eigenvalue weighted by Crippen LogP contribution is 2.28. The van der Waals surface area contributed by atoms with Gasteiger partial charge in [-0.05, 0) is 50.2 Å². The molecule has 0 aliphatic heterocycles. The second kappa shape index (κ2) is 10.4. The Morgan fingerprint density at radius 1 is 1.10 bits per heavy atom. The topological polar surface area (TPSA) is 70.2 Å². The number of unbranched alkanes of at least 4 members (excludes halogenated alkanes) is 2. The van der Waals surface area contributed by atoms with Gasteiger partial charge in [0.2, 0.25) is 11.9 Å². The van der Waals surface area contributed by atoms with E-state index in [0.717, 1.165) is 68.2 Å². The third-order valence-corrected chi connectivity index (χ3v) is 5.78. The van der Waals surface area contributed by atoms with Crippen molar-refractivity contribution < 1.29 is 4.79 Å². The molecule has 0 spiro atoms. The maximum atomic E-state index is 11.9. The molecule has 2 aromatic rings. The molecule has 0 atom stereocenters. The first-order valence-corrected chi connectivity index (χ1v) is 11.0. The van der Waals surface area contributed by atoms with E-state index in [-0.39, 0.29) is 5.91 Å². The van der Waals surface area contributed by atoms with Crippen LogP contribution in [0.4, 0.5) is 11.8 Å². The van der Waals surface area contributed by atoms with E-state index in [1.807, 2.05) is 37.2 Å². The Morgan fingerprint density at radius 3 is 2.59 bits per heavy atom. The van der Waals surface area contributed by atoms with Crippen molar-refractivity contribution in [2.45, 2.75) is 64.3 Å².